The predicted octanol–water partition coefficient (Wildman–Crippen LogP) is 5.86. The van der Waals surface area contributed by atoms with E-state index in [1.807, 2.05) is 54.6 Å². The molecule has 4 aromatic rings. The maximum absolute atomic E-state index is 13.2. The van der Waals surface area contributed by atoms with Gasteiger partial charge in [-0.2, -0.15) is 0 Å². The Morgan fingerprint density at radius 1 is 0.867 bits per heavy atom. The molecule has 5 heteroatoms. The number of rotatable bonds is 6. The third kappa shape index (κ3) is 4.19. The fourth-order valence-corrected chi connectivity index (χ4v) is 3.51. The first kappa shape index (κ1) is 19.7. The van der Waals surface area contributed by atoms with Gasteiger partial charge in [0.25, 0.3) is 0 Å². The molecule has 0 aliphatic rings. The number of halogens is 1. The lowest BCUT2D eigenvalue weighted by Crippen LogP contribution is -2.02. The predicted molar refractivity (Wildman–Crippen MR) is 118 cm³/mol. The zero-order valence-electron chi connectivity index (χ0n) is 15.9. The van der Waals surface area contributed by atoms with Crippen LogP contribution in [0.4, 0.5) is 0 Å². The zero-order valence-corrected chi connectivity index (χ0v) is 16.7. The van der Waals surface area contributed by atoms with Crippen LogP contribution in [-0.2, 0) is 11.2 Å². The van der Waals surface area contributed by atoms with Crippen LogP contribution < -0.4 is 0 Å². The van der Waals surface area contributed by atoms with Crippen molar-refractivity contribution in [2.45, 2.75) is 6.42 Å². The van der Waals surface area contributed by atoms with Gasteiger partial charge in [0.15, 0.2) is 5.78 Å². The summed E-state index contributed by atoms with van der Waals surface area (Å²) >= 11 is 5.99. The van der Waals surface area contributed by atoms with Crippen LogP contribution in [0.1, 0.15) is 21.5 Å². The molecular weight excluding hydrogens is 398 g/mol. The van der Waals surface area contributed by atoms with E-state index in [2.05, 4.69) is 4.98 Å². The van der Waals surface area contributed by atoms with Gasteiger partial charge in [0.05, 0.1) is 6.42 Å². The first-order valence-corrected chi connectivity index (χ1v) is 9.78. The third-order valence-corrected chi connectivity index (χ3v) is 5.14. The number of aromatic amines is 1. The van der Waals surface area contributed by atoms with Crippen LogP contribution in [-0.4, -0.2) is 21.8 Å². The van der Waals surface area contributed by atoms with E-state index >= 15 is 0 Å². The molecular formula is C25H18ClNO3. The molecule has 0 amide bonds. The number of aliphatic carboxylic acids is 1. The van der Waals surface area contributed by atoms with Crippen molar-refractivity contribution >= 4 is 23.4 Å². The second-order valence-electron chi connectivity index (χ2n) is 6.95. The van der Waals surface area contributed by atoms with E-state index in [1.165, 1.54) is 0 Å². The molecule has 0 radical (unpaired) electrons. The second kappa shape index (κ2) is 8.39. The minimum absolute atomic E-state index is 0.0176. The highest BCUT2D eigenvalue weighted by molar-refractivity contribution is 6.30. The Morgan fingerprint density at radius 3 is 2.23 bits per heavy atom. The first-order valence-electron chi connectivity index (χ1n) is 9.40. The van der Waals surface area contributed by atoms with Gasteiger partial charge in [0.1, 0.15) is 0 Å². The van der Waals surface area contributed by atoms with Crippen molar-refractivity contribution in [2.75, 3.05) is 0 Å². The molecule has 0 saturated heterocycles. The van der Waals surface area contributed by atoms with Gasteiger partial charge < -0.3 is 10.1 Å². The van der Waals surface area contributed by atoms with Crippen molar-refractivity contribution in [3.05, 3.63) is 107 Å². The minimum atomic E-state index is -0.866. The minimum Gasteiger partial charge on any atom is -0.481 e. The molecule has 0 unspecified atom stereocenters. The average Bonchev–Trinajstić information content (AvgIpc) is 3.24. The molecule has 4 nitrogen and oxygen atoms in total. The molecule has 0 bridgehead atoms. The SMILES string of the molecule is O=C(O)Cc1ccc(-c2cc(C(=O)c3ccccc3-c3ccc(Cl)cc3)c[nH]2)cc1. The molecule has 30 heavy (non-hydrogen) atoms. The van der Waals surface area contributed by atoms with E-state index in [1.54, 1.807) is 30.5 Å². The Labute approximate surface area is 178 Å². The molecule has 1 heterocycles. The quantitative estimate of drug-likeness (QED) is 0.387. The summed E-state index contributed by atoms with van der Waals surface area (Å²) < 4.78 is 0. The average molecular weight is 416 g/mol. The van der Waals surface area contributed by atoms with E-state index in [9.17, 15) is 9.59 Å². The lowest BCUT2D eigenvalue weighted by molar-refractivity contribution is -0.136. The van der Waals surface area contributed by atoms with Gasteiger partial charge >= 0.3 is 5.97 Å². The normalized spacial score (nSPS) is 10.7. The van der Waals surface area contributed by atoms with Gasteiger partial charge in [-0.3, -0.25) is 9.59 Å². The van der Waals surface area contributed by atoms with Gasteiger partial charge in [0.2, 0.25) is 0 Å². The summed E-state index contributed by atoms with van der Waals surface area (Å²) in [7, 11) is 0. The highest BCUT2D eigenvalue weighted by Crippen LogP contribution is 2.28. The fourth-order valence-electron chi connectivity index (χ4n) is 3.39. The van der Waals surface area contributed by atoms with Crippen LogP contribution in [0.2, 0.25) is 5.02 Å². The Bertz CT molecular complexity index is 1210. The number of nitrogens with one attached hydrogen (secondary N) is 1. The van der Waals surface area contributed by atoms with E-state index in [4.69, 9.17) is 16.7 Å². The van der Waals surface area contributed by atoms with Crippen molar-refractivity contribution in [2.24, 2.45) is 0 Å². The van der Waals surface area contributed by atoms with Crippen molar-refractivity contribution in [3.63, 3.8) is 0 Å². The van der Waals surface area contributed by atoms with Crippen LogP contribution in [0, 0.1) is 0 Å². The molecule has 0 spiro atoms. The monoisotopic (exact) mass is 415 g/mol. The molecule has 3 aromatic carbocycles. The van der Waals surface area contributed by atoms with Crippen LogP contribution in [0.3, 0.4) is 0 Å². The van der Waals surface area contributed by atoms with Crippen LogP contribution in [0.5, 0.6) is 0 Å². The van der Waals surface area contributed by atoms with Crippen molar-refractivity contribution in [3.8, 4) is 22.4 Å². The summed E-state index contributed by atoms with van der Waals surface area (Å²) in [5.74, 6) is -0.944. The maximum atomic E-state index is 13.2. The molecule has 0 atom stereocenters. The lowest BCUT2D eigenvalue weighted by atomic mass is 9.94. The number of H-pyrrole nitrogens is 1. The standard InChI is InChI=1S/C25H18ClNO3/c26-20-11-9-17(10-12-20)21-3-1-2-4-22(21)25(30)19-14-23(27-15-19)18-7-5-16(6-8-18)13-24(28)29/h1-12,14-15,27H,13H2,(H,28,29). The van der Waals surface area contributed by atoms with Gasteiger partial charge in [-0.25, -0.2) is 0 Å². The molecule has 0 aliphatic carbocycles. The van der Waals surface area contributed by atoms with E-state index in [0.717, 1.165) is 27.9 Å². The third-order valence-electron chi connectivity index (χ3n) is 4.89. The van der Waals surface area contributed by atoms with Crippen molar-refractivity contribution in [1.82, 2.24) is 4.98 Å². The summed E-state index contributed by atoms with van der Waals surface area (Å²) in [5, 5.41) is 9.54. The van der Waals surface area contributed by atoms with Crippen LogP contribution in [0.25, 0.3) is 22.4 Å². The molecule has 2 N–H and O–H groups in total. The zero-order chi connectivity index (χ0) is 21.1. The van der Waals surface area contributed by atoms with Gasteiger partial charge in [-0.1, -0.05) is 72.3 Å². The lowest BCUT2D eigenvalue weighted by Gasteiger charge is -2.08. The highest BCUT2D eigenvalue weighted by Gasteiger charge is 2.16. The van der Waals surface area contributed by atoms with Crippen LogP contribution >= 0.6 is 11.6 Å². The summed E-state index contributed by atoms with van der Waals surface area (Å²) in [6, 6.07) is 24.0. The Kier molecular flexibility index (Phi) is 5.50. The second-order valence-corrected chi connectivity index (χ2v) is 7.39. The Morgan fingerprint density at radius 2 is 1.53 bits per heavy atom. The summed E-state index contributed by atoms with van der Waals surface area (Å²) in [5.41, 5.74) is 5.35. The van der Waals surface area contributed by atoms with Crippen molar-refractivity contribution < 1.29 is 14.7 Å². The number of ketones is 1. The number of aromatic nitrogens is 1. The number of hydrogen-bond donors (Lipinski definition) is 2. The first-order chi connectivity index (χ1) is 14.5. The summed E-state index contributed by atoms with van der Waals surface area (Å²) in [6.45, 7) is 0. The Balaban J connectivity index is 1.62. The number of carboxylic acids is 1. The van der Waals surface area contributed by atoms with Gasteiger partial charge in [-0.05, 0) is 40.5 Å². The smallest absolute Gasteiger partial charge is 0.307 e. The van der Waals surface area contributed by atoms with Crippen LogP contribution in [0.15, 0.2) is 85.1 Å². The number of carbonyl (C=O) groups excluding carboxylic acids is 1. The molecule has 148 valence electrons. The van der Waals surface area contributed by atoms with Gasteiger partial charge in [-0.15, -0.1) is 0 Å². The number of carbonyl (C=O) groups is 2. The summed E-state index contributed by atoms with van der Waals surface area (Å²) in [4.78, 5) is 27.2. The van der Waals surface area contributed by atoms with E-state index in [-0.39, 0.29) is 12.2 Å². The van der Waals surface area contributed by atoms with E-state index in [0.29, 0.717) is 16.1 Å². The molecule has 0 fully saturated rings. The molecule has 1 aromatic heterocycles. The molecule has 4 rings (SSSR count). The maximum Gasteiger partial charge on any atom is 0.307 e. The number of carboxylic acid groups (broad SMARTS) is 1. The molecule has 0 saturated carbocycles. The fraction of sp³-hybridized carbons (Fsp3) is 0.0400. The summed E-state index contributed by atoms with van der Waals surface area (Å²) in [6.07, 6.45) is 1.68. The largest absolute Gasteiger partial charge is 0.481 e. The number of hydrogen-bond acceptors (Lipinski definition) is 2. The van der Waals surface area contributed by atoms with Crippen molar-refractivity contribution in [1.29, 1.82) is 0 Å². The topological polar surface area (TPSA) is 70.2 Å². The highest BCUT2D eigenvalue weighted by atomic mass is 35.5. The molecule has 0 aliphatic heterocycles. The number of benzene rings is 3. The Hall–Kier alpha value is -3.63. The van der Waals surface area contributed by atoms with Gasteiger partial charge in [0, 0.05) is 28.0 Å². The van der Waals surface area contributed by atoms with E-state index < -0.39 is 5.97 Å².